The quantitative estimate of drug-likeness (QED) is 0.646. The van der Waals surface area contributed by atoms with Gasteiger partial charge in [-0.25, -0.2) is 4.79 Å². The van der Waals surface area contributed by atoms with Crippen molar-refractivity contribution in [1.29, 1.82) is 0 Å². The van der Waals surface area contributed by atoms with Crippen LogP contribution in [0.4, 0.5) is 0 Å². The van der Waals surface area contributed by atoms with Crippen LogP contribution in [0, 0.1) is 5.92 Å². The first-order valence-corrected chi connectivity index (χ1v) is 7.81. The molecule has 0 saturated carbocycles. The maximum absolute atomic E-state index is 11.7. The smallest absolute Gasteiger partial charge is 0.326 e. The molecule has 0 saturated heterocycles. The van der Waals surface area contributed by atoms with E-state index in [-0.39, 0.29) is 18.2 Å². The number of hydrogen-bond donors (Lipinski definition) is 2. The van der Waals surface area contributed by atoms with Crippen molar-refractivity contribution in [1.82, 2.24) is 5.32 Å². The molecule has 1 unspecified atom stereocenters. The summed E-state index contributed by atoms with van der Waals surface area (Å²) in [4.78, 5) is 22.8. The lowest BCUT2D eigenvalue weighted by Crippen LogP contribution is -2.44. The molecule has 0 heterocycles. The highest BCUT2D eigenvalue weighted by molar-refractivity contribution is 5.83. The van der Waals surface area contributed by atoms with Gasteiger partial charge in [-0.15, -0.1) is 0 Å². The van der Waals surface area contributed by atoms with Crippen molar-refractivity contribution in [3.8, 4) is 11.5 Å². The Labute approximate surface area is 136 Å². The van der Waals surface area contributed by atoms with Gasteiger partial charge in [0, 0.05) is 6.42 Å². The monoisotopic (exact) mass is 323 g/mol. The average Bonchev–Trinajstić information content (AvgIpc) is 2.50. The third-order valence-electron chi connectivity index (χ3n) is 3.20. The Bertz CT molecular complexity index is 498. The molecule has 0 aliphatic rings. The molecular formula is C17H25NO5. The minimum absolute atomic E-state index is 0.156. The van der Waals surface area contributed by atoms with Crippen LogP contribution in [-0.2, 0) is 9.59 Å². The van der Waals surface area contributed by atoms with Crippen molar-refractivity contribution in [3.63, 3.8) is 0 Å². The lowest BCUT2D eigenvalue weighted by molar-refractivity contribution is -0.143. The van der Waals surface area contributed by atoms with E-state index in [1.54, 1.807) is 13.8 Å². The molecule has 0 bridgehead atoms. The van der Waals surface area contributed by atoms with Gasteiger partial charge in [0.15, 0.2) is 0 Å². The Morgan fingerprint density at radius 2 is 1.70 bits per heavy atom. The predicted molar refractivity (Wildman–Crippen MR) is 86.7 cm³/mol. The first-order valence-electron chi connectivity index (χ1n) is 7.81. The molecule has 0 aliphatic carbocycles. The fraction of sp³-hybridized carbons (Fsp3) is 0.529. The highest BCUT2D eigenvalue weighted by atomic mass is 16.5. The highest BCUT2D eigenvalue weighted by Crippen LogP contribution is 2.17. The summed E-state index contributed by atoms with van der Waals surface area (Å²) in [6, 6.07) is 6.42. The van der Waals surface area contributed by atoms with Crippen molar-refractivity contribution in [2.75, 3.05) is 13.2 Å². The number of nitrogens with one attached hydrogen (secondary N) is 1. The van der Waals surface area contributed by atoms with Crippen molar-refractivity contribution < 1.29 is 24.2 Å². The standard InChI is InChI=1S/C17H25NO5/c1-4-22-13-7-9-14(10-8-13)23-11-5-6-15(19)18-16(12(2)3)17(20)21/h7-10,12,16H,4-6,11H2,1-3H3,(H,18,19)(H,20,21). The van der Waals surface area contributed by atoms with Crippen molar-refractivity contribution in [2.24, 2.45) is 5.92 Å². The first kappa shape index (κ1) is 18.8. The molecule has 1 amide bonds. The number of hydrogen-bond acceptors (Lipinski definition) is 4. The number of aliphatic carboxylic acids is 1. The van der Waals surface area contributed by atoms with Crippen molar-refractivity contribution in [3.05, 3.63) is 24.3 Å². The van der Waals surface area contributed by atoms with E-state index in [9.17, 15) is 9.59 Å². The summed E-state index contributed by atoms with van der Waals surface area (Å²) in [6.07, 6.45) is 0.747. The molecule has 1 rings (SSSR count). The zero-order valence-corrected chi connectivity index (χ0v) is 13.9. The largest absolute Gasteiger partial charge is 0.494 e. The minimum Gasteiger partial charge on any atom is -0.494 e. The molecule has 0 radical (unpaired) electrons. The van der Waals surface area contributed by atoms with Crippen LogP contribution in [0.15, 0.2) is 24.3 Å². The van der Waals surface area contributed by atoms with Gasteiger partial charge in [-0.3, -0.25) is 4.79 Å². The van der Waals surface area contributed by atoms with Crippen LogP contribution in [-0.4, -0.2) is 36.2 Å². The molecule has 6 heteroatoms. The van der Waals surface area contributed by atoms with Gasteiger partial charge in [-0.1, -0.05) is 13.8 Å². The molecule has 1 aromatic rings. The summed E-state index contributed by atoms with van der Waals surface area (Å²) < 4.78 is 10.9. The van der Waals surface area contributed by atoms with Crippen LogP contribution >= 0.6 is 0 Å². The topological polar surface area (TPSA) is 84.9 Å². The van der Waals surface area contributed by atoms with E-state index in [2.05, 4.69) is 5.32 Å². The Kier molecular flexibility index (Phi) is 7.94. The maximum atomic E-state index is 11.7. The van der Waals surface area contributed by atoms with E-state index in [1.165, 1.54) is 0 Å². The zero-order valence-electron chi connectivity index (χ0n) is 13.9. The fourth-order valence-corrected chi connectivity index (χ4v) is 1.98. The van der Waals surface area contributed by atoms with Crippen LogP contribution in [0.3, 0.4) is 0 Å². The van der Waals surface area contributed by atoms with Gasteiger partial charge in [0.1, 0.15) is 17.5 Å². The predicted octanol–water partition coefficient (Wildman–Crippen LogP) is 2.47. The molecule has 23 heavy (non-hydrogen) atoms. The van der Waals surface area contributed by atoms with Gasteiger partial charge < -0.3 is 19.9 Å². The molecule has 6 nitrogen and oxygen atoms in total. The molecule has 128 valence electrons. The average molecular weight is 323 g/mol. The van der Waals surface area contributed by atoms with Crippen molar-refractivity contribution in [2.45, 2.75) is 39.7 Å². The number of carboxylic acid groups (broad SMARTS) is 1. The van der Waals surface area contributed by atoms with Gasteiger partial charge >= 0.3 is 5.97 Å². The van der Waals surface area contributed by atoms with E-state index in [4.69, 9.17) is 14.6 Å². The third kappa shape index (κ3) is 7.04. The van der Waals surface area contributed by atoms with Crippen LogP contribution in [0.25, 0.3) is 0 Å². The zero-order chi connectivity index (χ0) is 17.2. The molecule has 0 fully saturated rings. The number of benzene rings is 1. The van der Waals surface area contributed by atoms with E-state index in [1.807, 2.05) is 31.2 Å². The summed E-state index contributed by atoms with van der Waals surface area (Å²) in [5.41, 5.74) is 0. The van der Waals surface area contributed by atoms with Gasteiger partial charge in [-0.2, -0.15) is 0 Å². The molecule has 0 aromatic heterocycles. The number of amides is 1. The maximum Gasteiger partial charge on any atom is 0.326 e. The van der Waals surface area contributed by atoms with E-state index in [0.717, 1.165) is 5.75 Å². The highest BCUT2D eigenvalue weighted by Gasteiger charge is 2.22. The SMILES string of the molecule is CCOc1ccc(OCCCC(=O)NC(C(=O)O)C(C)C)cc1. The number of rotatable bonds is 10. The summed E-state index contributed by atoms with van der Waals surface area (Å²) in [6.45, 7) is 6.44. The van der Waals surface area contributed by atoms with Crippen LogP contribution in [0.1, 0.15) is 33.6 Å². The normalized spacial score (nSPS) is 11.8. The van der Waals surface area contributed by atoms with E-state index < -0.39 is 12.0 Å². The number of carbonyl (C=O) groups is 2. The second kappa shape index (κ2) is 9.71. The Morgan fingerprint density at radius 3 is 2.17 bits per heavy atom. The molecular weight excluding hydrogens is 298 g/mol. The van der Waals surface area contributed by atoms with Crippen LogP contribution in [0.2, 0.25) is 0 Å². The van der Waals surface area contributed by atoms with Gasteiger partial charge in [0.2, 0.25) is 5.91 Å². The molecule has 0 aliphatic heterocycles. The summed E-state index contributed by atoms with van der Waals surface area (Å²) >= 11 is 0. The van der Waals surface area contributed by atoms with Crippen LogP contribution in [0.5, 0.6) is 11.5 Å². The van der Waals surface area contributed by atoms with E-state index in [0.29, 0.717) is 25.4 Å². The van der Waals surface area contributed by atoms with E-state index >= 15 is 0 Å². The van der Waals surface area contributed by atoms with Crippen molar-refractivity contribution >= 4 is 11.9 Å². The first-order chi connectivity index (χ1) is 10.9. The summed E-state index contributed by atoms with van der Waals surface area (Å²) in [5.74, 6) is 0.0454. The summed E-state index contributed by atoms with van der Waals surface area (Å²) in [5, 5.41) is 11.5. The molecule has 1 aromatic carbocycles. The second-order valence-electron chi connectivity index (χ2n) is 5.48. The van der Waals surface area contributed by atoms with Gasteiger partial charge in [0.05, 0.1) is 13.2 Å². The Balaban J connectivity index is 2.28. The number of carboxylic acids is 1. The molecule has 0 spiro atoms. The number of ether oxygens (including phenoxy) is 2. The molecule has 1 atom stereocenters. The summed E-state index contributed by atoms with van der Waals surface area (Å²) in [7, 11) is 0. The Hall–Kier alpha value is -2.24. The molecule has 2 N–H and O–H groups in total. The fourth-order valence-electron chi connectivity index (χ4n) is 1.98. The minimum atomic E-state index is -1.01. The lowest BCUT2D eigenvalue weighted by atomic mass is 10.0. The lowest BCUT2D eigenvalue weighted by Gasteiger charge is -2.17. The van der Waals surface area contributed by atoms with Crippen LogP contribution < -0.4 is 14.8 Å². The second-order valence-corrected chi connectivity index (χ2v) is 5.48. The van der Waals surface area contributed by atoms with Gasteiger partial charge in [-0.05, 0) is 43.5 Å². The number of carbonyl (C=O) groups excluding carboxylic acids is 1. The Morgan fingerprint density at radius 1 is 1.13 bits per heavy atom. The van der Waals surface area contributed by atoms with Gasteiger partial charge in [0.25, 0.3) is 0 Å². The third-order valence-corrected chi connectivity index (χ3v) is 3.20.